The van der Waals surface area contributed by atoms with Gasteiger partial charge in [-0.3, -0.25) is 0 Å². The van der Waals surface area contributed by atoms with Crippen molar-refractivity contribution in [1.82, 2.24) is 0 Å². The summed E-state index contributed by atoms with van der Waals surface area (Å²) >= 11 is 16.8. The van der Waals surface area contributed by atoms with E-state index < -0.39 is 0 Å². The first-order chi connectivity index (χ1) is 5.09. The van der Waals surface area contributed by atoms with Crippen LogP contribution in [0, 0.1) is 0 Å². The lowest BCUT2D eigenvalue weighted by Crippen LogP contribution is -2.18. The Hall–Kier alpha value is -0.150. The molecule has 2 N–H and O–H groups in total. The van der Waals surface area contributed by atoms with Gasteiger partial charge in [0.05, 0.1) is 5.69 Å². The van der Waals surface area contributed by atoms with E-state index in [4.69, 9.17) is 40.8 Å². The maximum atomic E-state index is 5.67. The van der Waals surface area contributed by atoms with Crippen molar-refractivity contribution in [3.05, 3.63) is 28.2 Å². The van der Waals surface area contributed by atoms with Crippen molar-refractivity contribution < 1.29 is 0 Å². The molecule has 1 rings (SSSR count). The van der Waals surface area contributed by atoms with E-state index >= 15 is 0 Å². The minimum Gasteiger partial charge on any atom is -0.232 e. The highest BCUT2D eigenvalue weighted by molar-refractivity contribution is 6.35. The van der Waals surface area contributed by atoms with Gasteiger partial charge in [-0.2, -0.15) is 0 Å². The van der Waals surface area contributed by atoms with Gasteiger partial charge in [0.1, 0.15) is 0 Å². The van der Waals surface area contributed by atoms with Crippen LogP contribution in [0.3, 0.4) is 0 Å². The van der Waals surface area contributed by atoms with E-state index in [2.05, 4.69) is 0 Å². The van der Waals surface area contributed by atoms with E-state index in [1.165, 1.54) is 0 Å². The average Bonchev–Trinajstić information content (AvgIpc) is 1.85. The van der Waals surface area contributed by atoms with Crippen LogP contribution in [0.2, 0.25) is 10.0 Å². The molecule has 0 heterocycles. The first kappa shape index (κ1) is 8.94. The van der Waals surface area contributed by atoms with Crippen LogP contribution in [0.5, 0.6) is 0 Å². The summed E-state index contributed by atoms with van der Waals surface area (Å²) in [5, 5.41) is 1.01. The van der Waals surface area contributed by atoms with Crippen molar-refractivity contribution in [2.75, 3.05) is 4.53 Å². The van der Waals surface area contributed by atoms with Gasteiger partial charge in [-0.15, -0.1) is 0 Å². The number of halogens is 3. The molecule has 0 aliphatic carbocycles. The molecule has 0 saturated heterocycles. The van der Waals surface area contributed by atoms with Gasteiger partial charge in [0.25, 0.3) is 0 Å². The predicted octanol–water partition coefficient (Wildman–Crippen LogP) is 2.83. The Balaban J connectivity index is 3.08. The standard InChI is InChI=1S/C6H5Cl3N2/c7-4-1-5(8)3-6(2-4)11(9)10/h1-3H,10H2. The van der Waals surface area contributed by atoms with Gasteiger partial charge in [-0.25, -0.2) is 10.4 Å². The highest BCUT2D eigenvalue weighted by atomic mass is 35.5. The number of nitrogens with zero attached hydrogens (tertiary/aromatic N) is 1. The van der Waals surface area contributed by atoms with Gasteiger partial charge in [0, 0.05) is 21.8 Å². The van der Waals surface area contributed by atoms with Gasteiger partial charge in [-0.05, 0) is 18.2 Å². The molecule has 2 nitrogen and oxygen atoms in total. The van der Waals surface area contributed by atoms with Crippen LogP contribution in [0.4, 0.5) is 5.69 Å². The van der Waals surface area contributed by atoms with Gasteiger partial charge in [0.2, 0.25) is 0 Å². The molecular formula is C6H5Cl3N2. The first-order valence-corrected chi connectivity index (χ1v) is 3.85. The molecule has 60 valence electrons. The Morgan fingerprint density at radius 2 is 1.55 bits per heavy atom. The third-order valence-electron chi connectivity index (χ3n) is 1.09. The van der Waals surface area contributed by atoms with Crippen molar-refractivity contribution in [2.24, 2.45) is 5.84 Å². The lowest BCUT2D eigenvalue weighted by atomic mass is 10.3. The molecule has 0 aliphatic rings. The van der Waals surface area contributed by atoms with Gasteiger partial charge < -0.3 is 0 Å². The molecule has 0 fully saturated rings. The summed E-state index contributed by atoms with van der Waals surface area (Å²) in [6.45, 7) is 0. The maximum Gasteiger partial charge on any atom is 0.0733 e. The summed E-state index contributed by atoms with van der Waals surface area (Å²) in [7, 11) is 0. The SMILES string of the molecule is NN(Cl)c1cc(Cl)cc(Cl)c1. The number of hydrogen-bond acceptors (Lipinski definition) is 2. The number of benzene rings is 1. The fourth-order valence-electron chi connectivity index (χ4n) is 0.663. The van der Waals surface area contributed by atoms with E-state index in [1.54, 1.807) is 18.2 Å². The molecule has 5 heteroatoms. The van der Waals surface area contributed by atoms with E-state index in [-0.39, 0.29) is 0 Å². The zero-order valence-electron chi connectivity index (χ0n) is 5.39. The summed E-state index contributed by atoms with van der Waals surface area (Å²) in [6.07, 6.45) is 0. The van der Waals surface area contributed by atoms with Crippen LogP contribution in [0.1, 0.15) is 0 Å². The summed E-state index contributed by atoms with van der Waals surface area (Å²) in [5.74, 6) is 5.23. The van der Waals surface area contributed by atoms with Crippen LogP contribution < -0.4 is 10.4 Å². The monoisotopic (exact) mass is 210 g/mol. The normalized spacial score (nSPS) is 9.82. The highest BCUT2D eigenvalue weighted by Gasteiger charge is 2.00. The second-order valence-electron chi connectivity index (χ2n) is 1.94. The van der Waals surface area contributed by atoms with E-state index in [0.717, 1.165) is 4.53 Å². The summed E-state index contributed by atoms with van der Waals surface area (Å²) in [4.78, 5) is 0. The van der Waals surface area contributed by atoms with Gasteiger partial charge >= 0.3 is 0 Å². The van der Waals surface area contributed by atoms with Crippen molar-refractivity contribution in [3.8, 4) is 0 Å². The van der Waals surface area contributed by atoms with Crippen molar-refractivity contribution in [3.63, 3.8) is 0 Å². The van der Waals surface area contributed by atoms with Gasteiger partial charge in [-0.1, -0.05) is 23.2 Å². The fraction of sp³-hybridized carbons (Fsp3) is 0. The van der Waals surface area contributed by atoms with Crippen molar-refractivity contribution >= 4 is 40.7 Å². The Bertz CT molecular complexity index is 242. The summed E-state index contributed by atoms with van der Waals surface area (Å²) in [5.41, 5.74) is 0.559. The molecule has 0 atom stereocenters. The molecule has 0 saturated carbocycles. The molecule has 0 amide bonds. The Morgan fingerprint density at radius 3 is 1.91 bits per heavy atom. The van der Waals surface area contributed by atoms with Crippen molar-refractivity contribution in [1.29, 1.82) is 0 Å². The van der Waals surface area contributed by atoms with Crippen LogP contribution in [-0.2, 0) is 0 Å². The lowest BCUT2D eigenvalue weighted by Gasteiger charge is -2.08. The van der Waals surface area contributed by atoms with E-state index in [1.807, 2.05) is 0 Å². The molecule has 0 unspecified atom stereocenters. The second-order valence-corrected chi connectivity index (χ2v) is 3.18. The molecule has 0 radical (unpaired) electrons. The summed E-state index contributed by atoms with van der Waals surface area (Å²) in [6, 6.07) is 4.83. The third-order valence-corrected chi connectivity index (χ3v) is 1.73. The highest BCUT2D eigenvalue weighted by Crippen LogP contribution is 2.24. The second kappa shape index (κ2) is 3.50. The minimum absolute atomic E-state index is 0.503. The van der Waals surface area contributed by atoms with Crippen LogP contribution in [-0.4, -0.2) is 0 Å². The average molecular weight is 211 g/mol. The Labute approximate surface area is 79.5 Å². The van der Waals surface area contributed by atoms with Crippen LogP contribution >= 0.6 is 35.0 Å². The molecule has 1 aromatic carbocycles. The number of rotatable bonds is 1. The van der Waals surface area contributed by atoms with Crippen LogP contribution in [0.25, 0.3) is 0 Å². The number of nitrogens with two attached hydrogens (primary N) is 1. The lowest BCUT2D eigenvalue weighted by molar-refractivity contribution is 1.19. The Morgan fingerprint density at radius 1 is 1.09 bits per heavy atom. The molecule has 0 aromatic heterocycles. The van der Waals surface area contributed by atoms with Crippen LogP contribution in [0.15, 0.2) is 18.2 Å². The fourth-order valence-corrected chi connectivity index (χ4v) is 1.27. The number of hydrogen-bond donors (Lipinski definition) is 1. The molecule has 0 aliphatic heterocycles. The first-order valence-electron chi connectivity index (χ1n) is 2.76. The molecular weight excluding hydrogens is 206 g/mol. The smallest absolute Gasteiger partial charge is 0.0733 e. The third kappa shape index (κ3) is 2.42. The summed E-state index contributed by atoms with van der Waals surface area (Å²) < 4.78 is 0.928. The van der Waals surface area contributed by atoms with E-state index in [9.17, 15) is 0 Å². The molecule has 0 spiro atoms. The zero-order chi connectivity index (χ0) is 8.43. The predicted molar refractivity (Wildman–Crippen MR) is 49.0 cm³/mol. The molecule has 0 bridgehead atoms. The largest absolute Gasteiger partial charge is 0.232 e. The van der Waals surface area contributed by atoms with E-state index in [0.29, 0.717) is 15.7 Å². The number of anilines is 1. The Kier molecular flexibility index (Phi) is 2.84. The zero-order valence-corrected chi connectivity index (χ0v) is 7.66. The molecule has 1 aromatic rings. The quantitative estimate of drug-likeness (QED) is 0.440. The maximum absolute atomic E-state index is 5.67. The van der Waals surface area contributed by atoms with Gasteiger partial charge in [0.15, 0.2) is 0 Å². The molecule has 11 heavy (non-hydrogen) atoms. The minimum atomic E-state index is 0.503. The topological polar surface area (TPSA) is 29.3 Å². The number of hydrazine groups is 1. The van der Waals surface area contributed by atoms with Crippen molar-refractivity contribution in [2.45, 2.75) is 0 Å².